The predicted octanol–water partition coefficient (Wildman–Crippen LogP) is 4.19. The van der Waals surface area contributed by atoms with Crippen molar-refractivity contribution in [3.05, 3.63) is 29.8 Å². The van der Waals surface area contributed by atoms with Gasteiger partial charge in [0.15, 0.2) is 0 Å². The number of nitrogens with one attached hydrogen (secondary N) is 1. The Labute approximate surface area is 161 Å². The van der Waals surface area contributed by atoms with Gasteiger partial charge in [-0.1, -0.05) is 39.8 Å². The van der Waals surface area contributed by atoms with E-state index in [1.165, 1.54) is 17.0 Å². The zero-order valence-electron chi connectivity index (χ0n) is 17.0. The van der Waals surface area contributed by atoms with Crippen molar-refractivity contribution in [2.24, 2.45) is 5.92 Å². The summed E-state index contributed by atoms with van der Waals surface area (Å²) in [5, 5.41) is 3.00. The Hall–Kier alpha value is -1.89. The van der Waals surface area contributed by atoms with E-state index in [9.17, 15) is 13.6 Å². The highest BCUT2D eigenvalue weighted by Gasteiger charge is 2.19. The summed E-state index contributed by atoms with van der Waals surface area (Å²) in [5.74, 6) is 0.637. The summed E-state index contributed by atoms with van der Waals surface area (Å²) in [5.41, 5.74) is 0.730. The maximum Gasteiger partial charge on any atom is 0.387 e. The maximum absolute atomic E-state index is 12.4. The first-order valence-corrected chi connectivity index (χ1v) is 9.53. The van der Waals surface area contributed by atoms with Crippen LogP contribution in [0.1, 0.15) is 39.7 Å². The van der Waals surface area contributed by atoms with Gasteiger partial charge >= 0.3 is 12.6 Å². The van der Waals surface area contributed by atoms with Crippen LogP contribution in [-0.4, -0.2) is 55.2 Å². The van der Waals surface area contributed by atoms with Crippen LogP contribution in [0.5, 0.6) is 5.75 Å². The molecule has 0 radical (unpaired) electrons. The van der Waals surface area contributed by atoms with Crippen molar-refractivity contribution in [1.82, 2.24) is 15.1 Å². The molecule has 27 heavy (non-hydrogen) atoms. The van der Waals surface area contributed by atoms with E-state index in [1.54, 1.807) is 19.2 Å². The summed E-state index contributed by atoms with van der Waals surface area (Å²) in [6.45, 7) is 8.52. The molecule has 154 valence electrons. The highest BCUT2D eigenvalue weighted by Crippen LogP contribution is 2.17. The molecule has 1 atom stereocenters. The van der Waals surface area contributed by atoms with Crippen LogP contribution in [0.4, 0.5) is 13.6 Å². The number of nitrogens with zero attached hydrogens (tertiary/aromatic N) is 2. The number of alkyl halides is 2. The molecular weight excluding hydrogens is 352 g/mol. The summed E-state index contributed by atoms with van der Waals surface area (Å²) < 4.78 is 29.1. The van der Waals surface area contributed by atoms with Crippen LogP contribution in [0, 0.1) is 5.92 Å². The summed E-state index contributed by atoms with van der Waals surface area (Å²) >= 11 is 0. The van der Waals surface area contributed by atoms with Crippen LogP contribution in [0.2, 0.25) is 0 Å². The molecule has 0 bridgehead atoms. The molecule has 0 heterocycles. The number of amides is 2. The number of urea groups is 1. The van der Waals surface area contributed by atoms with Crippen molar-refractivity contribution in [3.63, 3.8) is 0 Å². The van der Waals surface area contributed by atoms with E-state index in [-0.39, 0.29) is 11.8 Å². The van der Waals surface area contributed by atoms with Gasteiger partial charge in [0.25, 0.3) is 0 Å². The molecule has 0 aliphatic rings. The van der Waals surface area contributed by atoms with Crippen LogP contribution in [0.15, 0.2) is 24.3 Å². The molecule has 1 unspecified atom stereocenters. The normalized spacial score (nSPS) is 12.5. The minimum atomic E-state index is -2.86. The first-order valence-electron chi connectivity index (χ1n) is 9.53. The number of benzene rings is 1. The molecule has 1 N–H and O–H groups in total. The highest BCUT2D eigenvalue weighted by molar-refractivity contribution is 5.73. The molecule has 0 aliphatic heterocycles. The Bertz CT molecular complexity index is 566. The number of carbonyl (C=O) groups is 1. The molecule has 0 aromatic heterocycles. The van der Waals surface area contributed by atoms with E-state index in [0.717, 1.165) is 25.1 Å². The zero-order valence-corrected chi connectivity index (χ0v) is 17.0. The molecule has 7 heteroatoms. The first kappa shape index (κ1) is 23.1. The average Bonchev–Trinajstić information content (AvgIpc) is 2.59. The van der Waals surface area contributed by atoms with Crippen LogP contribution in [0.25, 0.3) is 0 Å². The quantitative estimate of drug-likeness (QED) is 0.621. The number of hydrogen-bond acceptors (Lipinski definition) is 3. The fourth-order valence-corrected chi connectivity index (χ4v) is 3.15. The minimum Gasteiger partial charge on any atom is -0.435 e. The van der Waals surface area contributed by atoms with Crippen LogP contribution in [0.3, 0.4) is 0 Å². The molecule has 1 rings (SSSR count). The van der Waals surface area contributed by atoms with Crippen LogP contribution < -0.4 is 10.1 Å². The third-order valence-corrected chi connectivity index (χ3v) is 4.45. The zero-order chi connectivity index (χ0) is 20.4. The standard InChI is InChI=1S/C20H33F2N3O2/c1-6-25(7-2)17(11-15(3)4)13-23-20(26)24(5)14-16-9-8-10-18(12-16)27-19(21)22/h8-10,12,15,17,19H,6-7,11,13-14H2,1-5H3,(H,23,26). The average molecular weight is 385 g/mol. The van der Waals surface area contributed by atoms with E-state index in [2.05, 4.69) is 42.6 Å². The Morgan fingerprint density at radius 2 is 1.89 bits per heavy atom. The maximum atomic E-state index is 12.4. The van der Waals surface area contributed by atoms with Gasteiger partial charge in [0.2, 0.25) is 0 Å². The third kappa shape index (κ3) is 8.56. The fourth-order valence-electron chi connectivity index (χ4n) is 3.15. The van der Waals surface area contributed by atoms with Gasteiger partial charge in [0.05, 0.1) is 0 Å². The molecule has 1 aromatic carbocycles. The summed E-state index contributed by atoms with van der Waals surface area (Å²) in [6, 6.07) is 6.51. The van der Waals surface area contributed by atoms with E-state index in [1.807, 2.05) is 0 Å². The van der Waals surface area contributed by atoms with Gasteiger partial charge in [-0.2, -0.15) is 8.78 Å². The second-order valence-electron chi connectivity index (χ2n) is 7.07. The van der Waals surface area contributed by atoms with Gasteiger partial charge in [-0.25, -0.2) is 4.79 Å². The molecule has 0 saturated heterocycles. The van der Waals surface area contributed by atoms with E-state index >= 15 is 0 Å². The lowest BCUT2D eigenvalue weighted by Gasteiger charge is -2.31. The largest absolute Gasteiger partial charge is 0.435 e. The highest BCUT2D eigenvalue weighted by atomic mass is 19.3. The molecule has 0 aliphatic carbocycles. The Kier molecular flexibility index (Phi) is 10.1. The van der Waals surface area contributed by atoms with E-state index in [4.69, 9.17) is 0 Å². The minimum absolute atomic E-state index is 0.0924. The van der Waals surface area contributed by atoms with Crippen molar-refractivity contribution in [2.45, 2.75) is 53.3 Å². The topological polar surface area (TPSA) is 44.8 Å². The Morgan fingerprint density at radius 3 is 2.44 bits per heavy atom. The van der Waals surface area contributed by atoms with Crippen LogP contribution >= 0.6 is 0 Å². The van der Waals surface area contributed by atoms with Crippen molar-refractivity contribution in [2.75, 3.05) is 26.7 Å². The first-order chi connectivity index (χ1) is 12.8. The molecular formula is C20H33F2N3O2. The second kappa shape index (κ2) is 11.7. The lowest BCUT2D eigenvalue weighted by molar-refractivity contribution is -0.0499. The number of carbonyl (C=O) groups excluding carboxylic acids is 1. The third-order valence-electron chi connectivity index (χ3n) is 4.45. The van der Waals surface area contributed by atoms with Crippen molar-refractivity contribution in [3.8, 4) is 5.75 Å². The Balaban J connectivity index is 2.62. The Morgan fingerprint density at radius 1 is 1.22 bits per heavy atom. The molecule has 0 spiro atoms. The monoisotopic (exact) mass is 385 g/mol. The number of rotatable bonds is 11. The predicted molar refractivity (Wildman–Crippen MR) is 104 cm³/mol. The van der Waals surface area contributed by atoms with Crippen molar-refractivity contribution < 1.29 is 18.3 Å². The number of likely N-dealkylation sites (N-methyl/N-ethyl adjacent to an activating group) is 1. The molecule has 0 fully saturated rings. The molecule has 1 aromatic rings. The summed E-state index contributed by atoms with van der Waals surface area (Å²) in [6.07, 6.45) is 1.01. The molecule has 5 nitrogen and oxygen atoms in total. The van der Waals surface area contributed by atoms with Gasteiger partial charge < -0.3 is 15.0 Å². The smallest absolute Gasteiger partial charge is 0.387 e. The van der Waals surface area contributed by atoms with Gasteiger partial charge in [0, 0.05) is 26.2 Å². The van der Waals surface area contributed by atoms with E-state index < -0.39 is 6.61 Å². The second-order valence-corrected chi connectivity index (χ2v) is 7.07. The number of ether oxygens (including phenoxy) is 1. The lowest BCUT2D eigenvalue weighted by atomic mass is 10.0. The SMILES string of the molecule is CCN(CC)C(CNC(=O)N(C)Cc1cccc(OC(F)F)c1)CC(C)C. The van der Waals surface area contributed by atoms with Crippen molar-refractivity contribution >= 4 is 6.03 Å². The van der Waals surface area contributed by atoms with Crippen LogP contribution in [-0.2, 0) is 6.54 Å². The molecule has 2 amide bonds. The number of halogens is 2. The lowest BCUT2D eigenvalue weighted by Crippen LogP contribution is -2.47. The van der Waals surface area contributed by atoms with E-state index in [0.29, 0.717) is 25.0 Å². The van der Waals surface area contributed by atoms with Gasteiger partial charge in [-0.15, -0.1) is 0 Å². The van der Waals surface area contributed by atoms with Gasteiger partial charge in [-0.05, 0) is 43.1 Å². The van der Waals surface area contributed by atoms with Crippen molar-refractivity contribution in [1.29, 1.82) is 0 Å². The summed E-state index contributed by atoms with van der Waals surface area (Å²) in [4.78, 5) is 16.3. The van der Waals surface area contributed by atoms with Gasteiger partial charge in [0.1, 0.15) is 5.75 Å². The van der Waals surface area contributed by atoms with Gasteiger partial charge in [-0.3, -0.25) is 4.90 Å². The summed E-state index contributed by atoms with van der Waals surface area (Å²) in [7, 11) is 1.69. The molecule has 0 saturated carbocycles. The fraction of sp³-hybridized carbons (Fsp3) is 0.650. The number of hydrogen-bond donors (Lipinski definition) is 1.